The molecule has 0 spiro atoms. The molecule has 0 atom stereocenters. The molecular weight excluding hydrogens is 216 g/mol. The second-order valence-electron chi connectivity index (χ2n) is 5.80. The molecule has 16 heavy (non-hydrogen) atoms. The van der Waals surface area contributed by atoms with Gasteiger partial charge >= 0.3 is 0 Å². The maximum Gasteiger partial charge on any atom is 0.0447 e. The van der Waals surface area contributed by atoms with Crippen LogP contribution in [0.2, 0.25) is 0 Å². The van der Waals surface area contributed by atoms with Crippen LogP contribution in [0.1, 0.15) is 49.7 Å². The quantitative estimate of drug-likeness (QED) is 0.624. The van der Waals surface area contributed by atoms with Crippen LogP contribution >= 0.6 is 11.6 Å². The van der Waals surface area contributed by atoms with Gasteiger partial charge < -0.3 is 0 Å². The van der Waals surface area contributed by atoms with Gasteiger partial charge in [0.25, 0.3) is 0 Å². The first-order valence-electron chi connectivity index (χ1n) is 6.38. The van der Waals surface area contributed by atoms with Crippen molar-refractivity contribution in [3.05, 3.63) is 35.4 Å². The Hall–Kier alpha value is -0.490. The Bertz CT molecular complexity index is 366. The molecule has 0 N–H and O–H groups in total. The molecule has 2 bridgehead atoms. The third-order valence-corrected chi connectivity index (χ3v) is 5.39. The molecule has 0 nitrogen and oxygen atoms in total. The van der Waals surface area contributed by atoms with Gasteiger partial charge in [-0.05, 0) is 56.4 Å². The van der Waals surface area contributed by atoms with Gasteiger partial charge in [-0.2, -0.15) is 0 Å². The summed E-state index contributed by atoms with van der Waals surface area (Å²) in [5.41, 5.74) is 3.37. The highest BCUT2D eigenvalue weighted by molar-refractivity contribution is 6.24. The molecule has 0 heterocycles. The second-order valence-corrected chi connectivity index (χ2v) is 6.60. The largest absolute Gasteiger partial charge is 0.119 e. The van der Waals surface area contributed by atoms with E-state index in [4.69, 9.17) is 11.6 Å². The van der Waals surface area contributed by atoms with Crippen molar-refractivity contribution in [1.29, 1.82) is 0 Å². The van der Waals surface area contributed by atoms with Gasteiger partial charge in [0.2, 0.25) is 0 Å². The first-order valence-corrected chi connectivity index (χ1v) is 6.76. The summed E-state index contributed by atoms with van der Waals surface area (Å²) < 4.78 is 0. The van der Waals surface area contributed by atoms with Gasteiger partial charge in [-0.15, -0.1) is 11.6 Å². The van der Waals surface area contributed by atoms with Gasteiger partial charge in [-0.3, -0.25) is 0 Å². The van der Waals surface area contributed by atoms with Gasteiger partial charge in [0, 0.05) is 4.87 Å². The number of alkyl halides is 1. The number of benzene rings is 1. The molecule has 3 fully saturated rings. The van der Waals surface area contributed by atoms with E-state index in [1.165, 1.54) is 44.1 Å². The molecule has 4 rings (SSSR count). The monoisotopic (exact) mass is 234 g/mol. The third-order valence-electron chi connectivity index (χ3n) is 4.82. The van der Waals surface area contributed by atoms with Crippen molar-refractivity contribution in [2.24, 2.45) is 0 Å². The zero-order chi connectivity index (χ0) is 11.2. The summed E-state index contributed by atoms with van der Waals surface area (Å²) in [6, 6.07) is 9.17. The van der Waals surface area contributed by atoms with Crippen LogP contribution in [-0.2, 0) is 5.41 Å². The molecule has 3 aliphatic rings. The average Bonchev–Trinajstić information content (AvgIpc) is 2.31. The van der Waals surface area contributed by atoms with E-state index in [0.29, 0.717) is 5.41 Å². The van der Waals surface area contributed by atoms with E-state index in [9.17, 15) is 0 Å². The minimum absolute atomic E-state index is 0.159. The average molecular weight is 235 g/mol. The lowest BCUT2D eigenvalue weighted by Gasteiger charge is -2.51. The lowest BCUT2D eigenvalue weighted by Crippen LogP contribution is -2.45. The Balaban J connectivity index is 1.92. The maximum absolute atomic E-state index is 6.57. The topological polar surface area (TPSA) is 0 Å². The molecule has 3 aliphatic carbocycles. The van der Waals surface area contributed by atoms with E-state index in [-0.39, 0.29) is 4.87 Å². The van der Waals surface area contributed by atoms with E-state index < -0.39 is 0 Å². The van der Waals surface area contributed by atoms with Crippen molar-refractivity contribution in [1.82, 2.24) is 0 Å². The summed E-state index contributed by atoms with van der Waals surface area (Å²) >= 11 is 6.57. The Morgan fingerprint density at radius 1 is 0.875 bits per heavy atom. The SMILES string of the molecule is Cc1ccc(C23CCC(Cl)(CC2)CC3)cc1. The Kier molecular flexibility index (Phi) is 2.33. The first kappa shape index (κ1) is 10.7. The van der Waals surface area contributed by atoms with Crippen molar-refractivity contribution in [3.63, 3.8) is 0 Å². The normalized spacial score (nSPS) is 37.6. The van der Waals surface area contributed by atoms with Crippen LogP contribution in [0, 0.1) is 6.92 Å². The third kappa shape index (κ3) is 1.59. The van der Waals surface area contributed by atoms with Crippen molar-refractivity contribution >= 4 is 11.6 Å². The first-order chi connectivity index (χ1) is 7.62. The Labute approximate surface area is 103 Å². The molecule has 0 aliphatic heterocycles. The van der Waals surface area contributed by atoms with Gasteiger partial charge in [0.05, 0.1) is 0 Å². The molecule has 0 saturated heterocycles. The predicted molar refractivity (Wildman–Crippen MR) is 69.1 cm³/mol. The number of hydrogen-bond acceptors (Lipinski definition) is 0. The number of rotatable bonds is 1. The fraction of sp³-hybridized carbons (Fsp3) is 0.600. The molecular formula is C15H19Cl. The fourth-order valence-electron chi connectivity index (χ4n) is 3.48. The highest BCUT2D eigenvalue weighted by atomic mass is 35.5. The van der Waals surface area contributed by atoms with Crippen molar-refractivity contribution in [2.75, 3.05) is 0 Å². The van der Waals surface area contributed by atoms with Gasteiger partial charge in [-0.1, -0.05) is 29.8 Å². The van der Waals surface area contributed by atoms with E-state index in [0.717, 1.165) is 0 Å². The van der Waals surface area contributed by atoms with Crippen LogP contribution in [0.25, 0.3) is 0 Å². The minimum Gasteiger partial charge on any atom is -0.119 e. The van der Waals surface area contributed by atoms with Crippen LogP contribution < -0.4 is 0 Å². The summed E-state index contributed by atoms with van der Waals surface area (Å²) in [4.78, 5) is 0.159. The molecule has 0 amide bonds. The van der Waals surface area contributed by atoms with Crippen LogP contribution in [-0.4, -0.2) is 4.87 Å². The molecule has 0 aromatic heterocycles. The Morgan fingerprint density at radius 3 is 1.88 bits per heavy atom. The van der Waals surface area contributed by atoms with E-state index in [1.807, 2.05) is 0 Å². The smallest absolute Gasteiger partial charge is 0.0447 e. The molecule has 1 heteroatoms. The molecule has 3 saturated carbocycles. The zero-order valence-electron chi connectivity index (χ0n) is 9.93. The van der Waals surface area contributed by atoms with E-state index >= 15 is 0 Å². The number of hydrogen-bond donors (Lipinski definition) is 0. The summed E-state index contributed by atoms with van der Waals surface area (Å²) in [5, 5.41) is 0. The second kappa shape index (κ2) is 3.50. The van der Waals surface area contributed by atoms with Gasteiger partial charge in [0.15, 0.2) is 0 Å². The van der Waals surface area contributed by atoms with Crippen molar-refractivity contribution in [3.8, 4) is 0 Å². The van der Waals surface area contributed by atoms with Crippen molar-refractivity contribution < 1.29 is 0 Å². The predicted octanol–water partition coefficient (Wildman–Crippen LogP) is 4.58. The molecule has 86 valence electrons. The molecule has 1 aromatic carbocycles. The Morgan fingerprint density at radius 2 is 1.38 bits per heavy atom. The molecule has 1 aromatic rings. The highest BCUT2D eigenvalue weighted by Crippen LogP contribution is 2.56. The van der Waals surface area contributed by atoms with Gasteiger partial charge in [0.1, 0.15) is 0 Å². The zero-order valence-corrected chi connectivity index (χ0v) is 10.7. The van der Waals surface area contributed by atoms with Gasteiger partial charge in [-0.25, -0.2) is 0 Å². The number of fused-ring (bicyclic) bond motifs is 3. The lowest BCUT2D eigenvalue weighted by molar-refractivity contribution is 0.154. The fourth-order valence-corrected chi connectivity index (χ4v) is 3.76. The van der Waals surface area contributed by atoms with Crippen molar-refractivity contribution in [2.45, 2.75) is 55.7 Å². The molecule has 0 unspecified atom stereocenters. The van der Waals surface area contributed by atoms with Crippen LogP contribution in [0.3, 0.4) is 0 Å². The van der Waals surface area contributed by atoms with E-state index in [1.54, 1.807) is 5.56 Å². The minimum atomic E-state index is 0.159. The summed E-state index contributed by atoms with van der Waals surface area (Å²) in [7, 11) is 0. The van der Waals surface area contributed by atoms with Crippen LogP contribution in [0.15, 0.2) is 24.3 Å². The summed E-state index contributed by atoms with van der Waals surface area (Å²) in [6.45, 7) is 2.16. The summed E-state index contributed by atoms with van der Waals surface area (Å²) in [6.07, 6.45) is 7.51. The highest BCUT2D eigenvalue weighted by Gasteiger charge is 2.48. The standard InChI is InChI=1S/C15H19Cl/c1-12-2-4-13(5-3-12)14-6-9-15(16,10-7-14)11-8-14/h2-5H,6-11H2,1H3. The number of halogens is 1. The maximum atomic E-state index is 6.57. The molecule has 0 radical (unpaired) electrons. The number of aryl methyl sites for hydroxylation is 1. The van der Waals surface area contributed by atoms with E-state index in [2.05, 4.69) is 31.2 Å². The summed E-state index contributed by atoms with van der Waals surface area (Å²) in [5.74, 6) is 0. The van der Waals surface area contributed by atoms with Crippen LogP contribution in [0.4, 0.5) is 0 Å². The van der Waals surface area contributed by atoms with Crippen LogP contribution in [0.5, 0.6) is 0 Å². The lowest BCUT2D eigenvalue weighted by atomic mass is 9.57.